The lowest BCUT2D eigenvalue weighted by Crippen LogP contribution is -2.30. The average Bonchev–Trinajstić information content (AvgIpc) is 0.975. The summed E-state index contributed by atoms with van der Waals surface area (Å²) in [5, 5.41) is 10.7. The number of phosphoric acid groups is 2. The van der Waals surface area contributed by atoms with E-state index in [2.05, 4.69) is 41.5 Å². The molecule has 0 spiro atoms. The number of carbonyl (C=O) groups is 4. The van der Waals surface area contributed by atoms with E-state index in [1.54, 1.807) is 0 Å². The predicted octanol–water partition coefficient (Wildman–Crippen LogP) is 24.7. The molecule has 0 aliphatic carbocycles. The molecule has 0 rings (SSSR count). The van der Waals surface area contributed by atoms with E-state index in [1.807, 2.05) is 0 Å². The molecule has 0 aromatic heterocycles. The highest BCUT2D eigenvalue weighted by molar-refractivity contribution is 7.47. The number of esters is 4. The van der Waals surface area contributed by atoms with Gasteiger partial charge in [-0.3, -0.25) is 37.3 Å². The van der Waals surface area contributed by atoms with Crippen molar-refractivity contribution in [1.29, 1.82) is 0 Å². The second-order valence-corrected chi connectivity index (χ2v) is 33.4. The van der Waals surface area contributed by atoms with E-state index in [4.69, 9.17) is 37.0 Å². The number of aliphatic hydroxyl groups excluding tert-OH is 1. The molecule has 0 aromatic carbocycles. The van der Waals surface area contributed by atoms with Crippen molar-refractivity contribution in [3.8, 4) is 0 Å². The van der Waals surface area contributed by atoms with E-state index >= 15 is 0 Å². The number of hydrogen-bond acceptors (Lipinski definition) is 15. The van der Waals surface area contributed by atoms with Crippen LogP contribution in [0.1, 0.15) is 433 Å². The zero-order valence-electron chi connectivity index (χ0n) is 66.2. The number of aliphatic hydroxyl groups is 1. The normalized spacial score (nSPS) is 13.9. The second-order valence-electron chi connectivity index (χ2n) is 30.5. The Hall–Kier alpha value is -1.94. The summed E-state index contributed by atoms with van der Waals surface area (Å²) in [7, 11) is -9.92. The highest BCUT2D eigenvalue weighted by Gasteiger charge is 2.30. The standard InChI is InChI=1S/C82H160O17P2/c1-7-9-11-13-15-17-19-20-21-22-23-24-25-28-36-42-48-54-60-66-81(86)98-78(71-93-80(85)65-59-53-47-41-35-29-26-27-33-38-44-50-56-62-74(3)4)73-97-101(90,91)95-69-76(83)68-94-100(88,89)96-72-77(70-92-79(84)64-58-52-46-40-32-18-16-14-12-10-8-2)99-82(87)67-61-55-49-43-37-31-30-34-39-45-51-57-63-75(5)6/h74-78,83H,7-73H2,1-6H3,(H,88,89)(H,90,91)/t76-,77+,78+/m0/s1. The lowest BCUT2D eigenvalue weighted by molar-refractivity contribution is -0.161. The SMILES string of the molecule is CCCCCCCCCCCCCCCCCCCCCC(=O)O[C@H](COC(=O)CCCCCCCCCCCCCCCC(C)C)COP(=O)(O)OC[C@@H](O)COP(=O)(O)OC[C@@H](COC(=O)CCCCCCCCCCCCC)OC(=O)CCCCCCCCCCCCCCC(C)C. The minimum absolute atomic E-state index is 0.107. The molecule has 0 bridgehead atoms. The van der Waals surface area contributed by atoms with Crippen molar-refractivity contribution in [2.24, 2.45) is 11.8 Å². The molecule has 3 N–H and O–H groups in total. The van der Waals surface area contributed by atoms with Gasteiger partial charge < -0.3 is 33.8 Å². The summed E-state index contributed by atoms with van der Waals surface area (Å²) in [6.07, 6.45) is 63.7. The van der Waals surface area contributed by atoms with Gasteiger partial charge in [-0.15, -0.1) is 0 Å². The number of carbonyl (C=O) groups excluding carboxylic acids is 4. The lowest BCUT2D eigenvalue weighted by atomic mass is 10.0. The largest absolute Gasteiger partial charge is 0.472 e. The minimum atomic E-state index is -4.96. The number of hydrogen-bond donors (Lipinski definition) is 3. The van der Waals surface area contributed by atoms with Gasteiger partial charge in [0.25, 0.3) is 0 Å². The van der Waals surface area contributed by atoms with Gasteiger partial charge in [0.05, 0.1) is 26.4 Å². The molecule has 600 valence electrons. The lowest BCUT2D eigenvalue weighted by Gasteiger charge is -2.21. The molecule has 19 heteroatoms. The molecular weight excluding hydrogens is 1320 g/mol. The number of ether oxygens (including phenoxy) is 4. The molecule has 0 amide bonds. The Morgan fingerprint density at radius 1 is 0.267 bits per heavy atom. The summed E-state index contributed by atoms with van der Waals surface area (Å²) >= 11 is 0. The van der Waals surface area contributed by atoms with Gasteiger partial charge in [0, 0.05) is 25.7 Å². The van der Waals surface area contributed by atoms with Gasteiger partial charge in [0.1, 0.15) is 19.3 Å². The first-order chi connectivity index (χ1) is 48.9. The van der Waals surface area contributed by atoms with Crippen LogP contribution < -0.4 is 0 Å². The maximum absolute atomic E-state index is 13.1. The van der Waals surface area contributed by atoms with Gasteiger partial charge in [-0.1, -0.05) is 382 Å². The first-order valence-electron chi connectivity index (χ1n) is 42.5. The fourth-order valence-corrected chi connectivity index (χ4v) is 14.3. The third-order valence-corrected chi connectivity index (χ3v) is 21.1. The molecule has 0 saturated carbocycles. The Morgan fingerprint density at radius 2 is 0.455 bits per heavy atom. The molecule has 5 atom stereocenters. The molecule has 101 heavy (non-hydrogen) atoms. The van der Waals surface area contributed by atoms with E-state index in [9.17, 15) is 43.2 Å². The number of unbranched alkanes of at least 4 members (excludes halogenated alkanes) is 51. The number of rotatable bonds is 81. The summed E-state index contributed by atoms with van der Waals surface area (Å²) in [5.74, 6) is -0.538. The maximum atomic E-state index is 13.1. The molecule has 0 aliphatic heterocycles. The molecule has 2 unspecified atom stereocenters. The quantitative estimate of drug-likeness (QED) is 0.0222. The Labute approximate surface area is 619 Å². The zero-order valence-corrected chi connectivity index (χ0v) is 68.0. The Morgan fingerprint density at radius 3 is 0.673 bits per heavy atom. The van der Waals surface area contributed by atoms with E-state index in [1.165, 1.54) is 250 Å². The average molecular weight is 1480 g/mol. The summed E-state index contributed by atoms with van der Waals surface area (Å²) in [4.78, 5) is 73.1. The molecule has 0 heterocycles. The van der Waals surface area contributed by atoms with Crippen molar-refractivity contribution in [1.82, 2.24) is 0 Å². The van der Waals surface area contributed by atoms with Gasteiger partial charge in [0.15, 0.2) is 12.2 Å². The van der Waals surface area contributed by atoms with Gasteiger partial charge in [-0.05, 0) is 37.5 Å². The van der Waals surface area contributed by atoms with Crippen LogP contribution in [0.5, 0.6) is 0 Å². The molecule has 0 saturated heterocycles. The highest BCUT2D eigenvalue weighted by Crippen LogP contribution is 2.45. The smallest absolute Gasteiger partial charge is 0.462 e. The summed E-state index contributed by atoms with van der Waals surface area (Å²) in [6, 6.07) is 0. The fraction of sp³-hybridized carbons (Fsp3) is 0.951. The van der Waals surface area contributed by atoms with Gasteiger partial charge in [-0.2, -0.15) is 0 Å². The molecule has 17 nitrogen and oxygen atoms in total. The topological polar surface area (TPSA) is 237 Å². The van der Waals surface area contributed by atoms with E-state index in [-0.39, 0.29) is 25.7 Å². The first kappa shape index (κ1) is 99.1. The first-order valence-corrected chi connectivity index (χ1v) is 45.5. The van der Waals surface area contributed by atoms with Crippen LogP contribution in [0.4, 0.5) is 0 Å². The van der Waals surface area contributed by atoms with Crippen molar-refractivity contribution < 1.29 is 80.2 Å². The molecule has 0 radical (unpaired) electrons. The van der Waals surface area contributed by atoms with E-state index in [0.717, 1.165) is 102 Å². The van der Waals surface area contributed by atoms with Crippen LogP contribution in [-0.2, 0) is 65.4 Å². The maximum Gasteiger partial charge on any atom is 0.472 e. The van der Waals surface area contributed by atoms with Gasteiger partial charge >= 0.3 is 39.5 Å². The summed E-state index contributed by atoms with van der Waals surface area (Å²) in [6.45, 7) is 9.67. The van der Waals surface area contributed by atoms with Crippen molar-refractivity contribution in [2.75, 3.05) is 39.6 Å². The van der Waals surface area contributed by atoms with Crippen LogP contribution in [0, 0.1) is 11.8 Å². The fourth-order valence-electron chi connectivity index (χ4n) is 12.7. The number of phosphoric ester groups is 2. The molecule has 0 aromatic rings. The summed E-state index contributed by atoms with van der Waals surface area (Å²) in [5.41, 5.74) is 0. The van der Waals surface area contributed by atoms with E-state index < -0.39 is 97.5 Å². The van der Waals surface area contributed by atoms with Crippen LogP contribution in [0.15, 0.2) is 0 Å². The molecular formula is C82H160O17P2. The molecule has 0 fully saturated rings. The van der Waals surface area contributed by atoms with Crippen LogP contribution in [0.2, 0.25) is 0 Å². The summed E-state index contributed by atoms with van der Waals surface area (Å²) < 4.78 is 68.8. The highest BCUT2D eigenvalue weighted by atomic mass is 31.2. The Balaban J connectivity index is 5.25. The Bertz CT molecular complexity index is 1940. The zero-order chi connectivity index (χ0) is 74.2. The van der Waals surface area contributed by atoms with Gasteiger partial charge in [-0.25, -0.2) is 9.13 Å². The van der Waals surface area contributed by atoms with Crippen LogP contribution in [0.25, 0.3) is 0 Å². The minimum Gasteiger partial charge on any atom is -0.462 e. The van der Waals surface area contributed by atoms with Crippen molar-refractivity contribution >= 4 is 39.5 Å². The predicted molar refractivity (Wildman–Crippen MR) is 414 cm³/mol. The van der Waals surface area contributed by atoms with Gasteiger partial charge in [0.2, 0.25) is 0 Å². The Kier molecular flexibility index (Phi) is 72.2. The van der Waals surface area contributed by atoms with E-state index in [0.29, 0.717) is 25.7 Å². The van der Waals surface area contributed by atoms with Crippen molar-refractivity contribution in [2.45, 2.75) is 452 Å². The van der Waals surface area contributed by atoms with Crippen molar-refractivity contribution in [3.63, 3.8) is 0 Å². The second kappa shape index (κ2) is 73.6. The van der Waals surface area contributed by atoms with Crippen LogP contribution in [0.3, 0.4) is 0 Å². The van der Waals surface area contributed by atoms with Crippen LogP contribution >= 0.6 is 15.6 Å². The third kappa shape index (κ3) is 76.1. The molecule has 0 aliphatic rings. The van der Waals surface area contributed by atoms with Crippen LogP contribution in [-0.4, -0.2) is 96.7 Å². The third-order valence-electron chi connectivity index (χ3n) is 19.2. The monoisotopic (exact) mass is 1480 g/mol. The van der Waals surface area contributed by atoms with Crippen molar-refractivity contribution in [3.05, 3.63) is 0 Å².